The number of nitrogens with one attached hydrogen (secondary N) is 1. The van der Waals surface area contributed by atoms with Crippen molar-refractivity contribution in [3.63, 3.8) is 0 Å². The topological polar surface area (TPSA) is 35.5 Å². The van der Waals surface area contributed by atoms with Gasteiger partial charge in [-0.15, -0.1) is 11.3 Å². The van der Waals surface area contributed by atoms with Gasteiger partial charge in [-0.1, -0.05) is 0 Å². The van der Waals surface area contributed by atoms with Crippen molar-refractivity contribution in [3.05, 3.63) is 45.1 Å². The van der Waals surface area contributed by atoms with Crippen LogP contribution in [-0.4, -0.2) is 25.3 Å². The van der Waals surface area contributed by atoms with Gasteiger partial charge in [-0.05, 0) is 46.3 Å². The molecule has 0 amide bonds. The zero-order chi connectivity index (χ0) is 13.7. The third-order valence-corrected chi connectivity index (χ3v) is 4.53. The van der Waals surface area contributed by atoms with Gasteiger partial charge in [0.25, 0.3) is 0 Å². The molecule has 102 valence electrons. The first kappa shape index (κ1) is 14.4. The number of likely N-dealkylation sites (N-methyl/N-ethyl adjacent to an activating group) is 1. The Morgan fingerprint density at radius 2 is 2.05 bits per heavy atom. The summed E-state index contributed by atoms with van der Waals surface area (Å²) in [5.74, 6) is 0. The van der Waals surface area contributed by atoms with Gasteiger partial charge in [0.05, 0.1) is 6.61 Å². The maximum absolute atomic E-state index is 8.91. The maximum Gasteiger partial charge on any atom is 0.0606 e. The van der Waals surface area contributed by atoms with Gasteiger partial charge in [-0.25, -0.2) is 0 Å². The van der Waals surface area contributed by atoms with Crippen LogP contribution in [0.4, 0.5) is 11.4 Å². The number of hydrogen-bond donors (Lipinski definition) is 2. The summed E-state index contributed by atoms with van der Waals surface area (Å²) in [5.41, 5.74) is 2.21. The zero-order valence-corrected chi connectivity index (χ0v) is 13.2. The SMILES string of the molecule is CN(CCO)c1ccc(NCc2cc(Br)cs2)cc1. The van der Waals surface area contributed by atoms with Crippen LogP contribution in [0.1, 0.15) is 4.88 Å². The molecule has 3 nitrogen and oxygen atoms in total. The number of hydrogen-bond acceptors (Lipinski definition) is 4. The van der Waals surface area contributed by atoms with Gasteiger partial charge in [0.2, 0.25) is 0 Å². The summed E-state index contributed by atoms with van der Waals surface area (Å²) in [4.78, 5) is 3.33. The maximum atomic E-state index is 8.91. The Morgan fingerprint density at radius 1 is 1.32 bits per heavy atom. The number of aliphatic hydroxyl groups is 1. The minimum absolute atomic E-state index is 0.170. The van der Waals surface area contributed by atoms with Crippen molar-refractivity contribution >= 4 is 38.6 Å². The van der Waals surface area contributed by atoms with Crippen LogP contribution in [0.25, 0.3) is 0 Å². The molecular formula is C14H17BrN2OS. The minimum atomic E-state index is 0.170. The number of anilines is 2. The average molecular weight is 341 g/mol. The zero-order valence-electron chi connectivity index (χ0n) is 10.8. The van der Waals surface area contributed by atoms with Crippen molar-refractivity contribution in [2.45, 2.75) is 6.54 Å². The van der Waals surface area contributed by atoms with Crippen LogP contribution in [0.3, 0.4) is 0 Å². The molecule has 1 heterocycles. The Bertz CT molecular complexity index is 512. The molecule has 2 aromatic rings. The minimum Gasteiger partial charge on any atom is -0.395 e. The predicted molar refractivity (Wildman–Crippen MR) is 86.1 cm³/mol. The van der Waals surface area contributed by atoms with Crippen LogP contribution in [0.15, 0.2) is 40.2 Å². The molecule has 0 fully saturated rings. The van der Waals surface area contributed by atoms with Crippen LogP contribution in [0.2, 0.25) is 0 Å². The van der Waals surface area contributed by atoms with E-state index in [9.17, 15) is 0 Å². The lowest BCUT2D eigenvalue weighted by molar-refractivity contribution is 0.304. The molecule has 0 saturated carbocycles. The van der Waals surface area contributed by atoms with Gasteiger partial charge in [-0.3, -0.25) is 0 Å². The van der Waals surface area contributed by atoms with E-state index >= 15 is 0 Å². The fourth-order valence-electron chi connectivity index (χ4n) is 1.75. The molecule has 0 saturated heterocycles. The Hall–Kier alpha value is -1.04. The van der Waals surface area contributed by atoms with Crippen LogP contribution in [0, 0.1) is 0 Å². The number of halogens is 1. The lowest BCUT2D eigenvalue weighted by atomic mass is 10.2. The van der Waals surface area contributed by atoms with E-state index in [0.717, 1.165) is 22.4 Å². The summed E-state index contributed by atoms with van der Waals surface area (Å²) < 4.78 is 1.13. The molecule has 0 spiro atoms. The fraction of sp³-hybridized carbons (Fsp3) is 0.286. The molecule has 2 rings (SSSR count). The molecule has 1 aromatic heterocycles. The van der Waals surface area contributed by atoms with Crippen LogP contribution >= 0.6 is 27.3 Å². The first-order chi connectivity index (χ1) is 9.19. The van der Waals surface area contributed by atoms with Crippen molar-refractivity contribution in [3.8, 4) is 0 Å². The third kappa shape index (κ3) is 4.23. The van der Waals surface area contributed by atoms with Crippen molar-refractivity contribution in [2.24, 2.45) is 0 Å². The first-order valence-corrected chi connectivity index (χ1v) is 7.75. The van der Waals surface area contributed by atoms with Crippen molar-refractivity contribution in [2.75, 3.05) is 30.4 Å². The molecule has 0 aliphatic rings. The highest BCUT2D eigenvalue weighted by atomic mass is 79.9. The lowest BCUT2D eigenvalue weighted by Crippen LogP contribution is -2.20. The average Bonchev–Trinajstić information content (AvgIpc) is 2.83. The van der Waals surface area contributed by atoms with E-state index in [2.05, 4.69) is 57.0 Å². The highest BCUT2D eigenvalue weighted by molar-refractivity contribution is 9.10. The van der Waals surface area contributed by atoms with Crippen molar-refractivity contribution in [1.82, 2.24) is 0 Å². The first-order valence-electron chi connectivity index (χ1n) is 6.08. The highest BCUT2D eigenvalue weighted by Crippen LogP contribution is 2.22. The molecular weight excluding hydrogens is 324 g/mol. The molecule has 5 heteroatoms. The Kier molecular flexibility index (Phi) is 5.24. The number of aliphatic hydroxyl groups excluding tert-OH is 1. The van der Waals surface area contributed by atoms with Gasteiger partial charge in [0.1, 0.15) is 0 Å². The van der Waals surface area contributed by atoms with Crippen molar-refractivity contribution in [1.29, 1.82) is 0 Å². The summed E-state index contributed by atoms with van der Waals surface area (Å²) >= 11 is 5.19. The lowest BCUT2D eigenvalue weighted by Gasteiger charge is -2.18. The summed E-state index contributed by atoms with van der Waals surface area (Å²) in [7, 11) is 1.97. The molecule has 0 bridgehead atoms. The number of thiophene rings is 1. The fourth-order valence-corrected chi connectivity index (χ4v) is 3.14. The van der Waals surface area contributed by atoms with Crippen LogP contribution < -0.4 is 10.2 Å². The standard InChI is InChI=1S/C14H17BrN2OS/c1-17(6-7-18)13-4-2-12(3-5-13)16-9-14-8-11(15)10-19-14/h2-5,8,10,16,18H,6-7,9H2,1H3. The summed E-state index contributed by atoms with van der Waals surface area (Å²) in [6, 6.07) is 10.4. The second-order valence-corrected chi connectivity index (χ2v) is 6.19. The van der Waals surface area contributed by atoms with E-state index in [4.69, 9.17) is 5.11 Å². The summed E-state index contributed by atoms with van der Waals surface area (Å²) in [5, 5.41) is 14.4. The van der Waals surface area contributed by atoms with Gasteiger partial charge in [0.15, 0.2) is 0 Å². The van der Waals surface area contributed by atoms with Gasteiger partial charge in [0, 0.05) is 46.2 Å². The van der Waals surface area contributed by atoms with E-state index in [0.29, 0.717) is 6.54 Å². The number of nitrogens with zero attached hydrogens (tertiary/aromatic N) is 1. The molecule has 0 unspecified atom stereocenters. The Balaban J connectivity index is 1.91. The molecule has 19 heavy (non-hydrogen) atoms. The van der Waals surface area contributed by atoms with E-state index in [-0.39, 0.29) is 6.61 Å². The largest absolute Gasteiger partial charge is 0.395 e. The predicted octanol–water partition coefficient (Wildman–Crippen LogP) is 3.55. The highest BCUT2D eigenvalue weighted by Gasteiger charge is 2.01. The van der Waals surface area contributed by atoms with Crippen LogP contribution in [-0.2, 0) is 6.54 Å². The monoisotopic (exact) mass is 340 g/mol. The number of rotatable bonds is 6. The quantitative estimate of drug-likeness (QED) is 0.843. The van der Waals surface area contributed by atoms with Gasteiger partial charge >= 0.3 is 0 Å². The molecule has 0 radical (unpaired) electrons. The normalized spacial score (nSPS) is 10.5. The molecule has 0 aliphatic heterocycles. The van der Waals surface area contributed by atoms with Crippen LogP contribution in [0.5, 0.6) is 0 Å². The van der Waals surface area contributed by atoms with E-state index in [1.165, 1.54) is 4.88 Å². The molecule has 1 aromatic carbocycles. The van der Waals surface area contributed by atoms with Gasteiger partial charge in [-0.2, -0.15) is 0 Å². The molecule has 0 atom stereocenters. The smallest absolute Gasteiger partial charge is 0.0606 e. The summed E-state index contributed by atoms with van der Waals surface area (Å²) in [6.07, 6.45) is 0. The summed E-state index contributed by atoms with van der Waals surface area (Å²) in [6.45, 7) is 1.65. The second kappa shape index (κ2) is 6.93. The molecule has 2 N–H and O–H groups in total. The third-order valence-electron chi connectivity index (χ3n) is 2.83. The van der Waals surface area contributed by atoms with E-state index < -0.39 is 0 Å². The van der Waals surface area contributed by atoms with E-state index in [1.807, 2.05) is 11.9 Å². The Labute approximate surface area is 126 Å². The van der Waals surface area contributed by atoms with Gasteiger partial charge < -0.3 is 15.3 Å². The molecule has 0 aliphatic carbocycles. The second-order valence-electron chi connectivity index (χ2n) is 4.28. The van der Waals surface area contributed by atoms with Crippen molar-refractivity contribution < 1.29 is 5.11 Å². The Morgan fingerprint density at radius 3 is 2.63 bits per heavy atom. The van der Waals surface area contributed by atoms with E-state index in [1.54, 1.807) is 11.3 Å². The number of benzene rings is 1.